The number of esters is 1. The van der Waals surface area contributed by atoms with E-state index >= 15 is 0 Å². The van der Waals surface area contributed by atoms with Crippen LogP contribution in [0.15, 0.2) is 0 Å². The van der Waals surface area contributed by atoms with E-state index in [1.165, 1.54) is 6.42 Å². The van der Waals surface area contributed by atoms with Gasteiger partial charge in [0.1, 0.15) is 6.10 Å². The molecule has 4 fully saturated rings. The van der Waals surface area contributed by atoms with Gasteiger partial charge in [-0.15, -0.1) is 0 Å². The molecule has 5 heteroatoms. The van der Waals surface area contributed by atoms with Crippen molar-refractivity contribution in [1.29, 1.82) is 0 Å². The van der Waals surface area contributed by atoms with Gasteiger partial charge in [-0.25, -0.2) is 4.79 Å². The second kappa shape index (κ2) is 4.14. The molecule has 0 aromatic carbocycles. The van der Waals surface area contributed by atoms with Crippen molar-refractivity contribution < 1.29 is 22.7 Å². The molecular formula is C13H17F3O2. The fraction of sp³-hybridized carbons (Fsp3) is 0.923. The van der Waals surface area contributed by atoms with Gasteiger partial charge < -0.3 is 4.74 Å². The number of halogens is 3. The van der Waals surface area contributed by atoms with Crippen LogP contribution >= 0.6 is 0 Å². The van der Waals surface area contributed by atoms with Crippen LogP contribution in [0.5, 0.6) is 0 Å². The van der Waals surface area contributed by atoms with Crippen LogP contribution in [-0.2, 0) is 9.53 Å². The van der Waals surface area contributed by atoms with Crippen molar-refractivity contribution in [1.82, 2.24) is 0 Å². The van der Waals surface area contributed by atoms with Crippen molar-refractivity contribution in [2.75, 3.05) is 0 Å². The molecule has 2 nitrogen and oxygen atoms in total. The summed E-state index contributed by atoms with van der Waals surface area (Å²) >= 11 is 0. The lowest BCUT2D eigenvalue weighted by atomic mass is 9.66. The van der Waals surface area contributed by atoms with Crippen molar-refractivity contribution in [3.05, 3.63) is 0 Å². The summed E-state index contributed by atoms with van der Waals surface area (Å²) in [6.07, 6.45) is 0.747. The monoisotopic (exact) mass is 262 g/mol. The van der Waals surface area contributed by atoms with E-state index in [2.05, 4.69) is 0 Å². The number of alkyl halides is 3. The van der Waals surface area contributed by atoms with Crippen molar-refractivity contribution in [3.8, 4) is 0 Å². The van der Waals surface area contributed by atoms with E-state index in [0.29, 0.717) is 11.8 Å². The minimum absolute atomic E-state index is 0.160. The van der Waals surface area contributed by atoms with Gasteiger partial charge in [0, 0.05) is 0 Å². The number of carbonyl (C=O) groups is 1. The Morgan fingerprint density at radius 1 is 0.944 bits per heavy atom. The van der Waals surface area contributed by atoms with Gasteiger partial charge in [-0.1, -0.05) is 6.42 Å². The predicted molar refractivity (Wildman–Crippen MR) is 57.6 cm³/mol. The quantitative estimate of drug-likeness (QED) is 0.678. The fourth-order valence-corrected chi connectivity index (χ4v) is 4.37. The normalized spacial score (nSPS) is 42.7. The zero-order valence-corrected chi connectivity index (χ0v) is 10.1. The summed E-state index contributed by atoms with van der Waals surface area (Å²) in [7, 11) is 0. The van der Waals surface area contributed by atoms with Gasteiger partial charge in [-0.3, -0.25) is 0 Å². The van der Waals surface area contributed by atoms with E-state index in [0.717, 1.165) is 32.1 Å². The standard InChI is InChI=1S/C13H17F3O2/c14-13(15,16)12(17)18-11-9-2-1-7-3-8(5-9)6-10(11)4-7/h7-11H,1-6H2/t7-,8-,9+,10-,11?/m1/s1. The number of hydrogen-bond acceptors (Lipinski definition) is 2. The highest BCUT2D eigenvalue weighted by Gasteiger charge is 2.50. The molecular weight excluding hydrogens is 245 g/mol. The topological polar surface area (TPSA) is 26.3 Å². The Morgan fingerprint density at radius 3 is 2.33 bits per heavy atom. The van der Waals surface area contributed by atoms with Crippen LogP contribution in [0, 0.1) is 23.7 Å². The van der Waals surface area contributed by atoms with Crippen LogP contribution in [0.2, 0.25) is 0 Å². The molecule has 4 bridgehead atoms. The van der Waals surface area contributed by atoms with Crippen LogP contribution in [0.1, 0.15) is 38.5 Å². The molecule has 0 heterocycles. The van der Waals surface area contributed by atoms with E-state index < -0.39 is 18.2 Å². The number of rotatable bonds is 1. The molecule has 4 rings (SSSR count). The van der Waals surface area contributed by atoms with Gasteiger partial charge in [-0.2, -0.15) is 13.2 Å². The molecule has 0 saturated heterocycles. The Morgan fingerprint density at radius 2 is 1.61 bits per heavy atom. The highest BCUT2D eigenvalue weighted by Crippen LogP contribution is 2.52. The number of hydrogen-bond donors (Lipinski definition) is 0. The third-order valence-electron chi connectivity index (χ3n) is 4.92. The zero-order valence-electron chi connectivity index (χ0n) is 10.1. The Bertz CT molecular complexity index is 345. The molecule has 0 aromatic heterocycles. The molecule has 4 aliphatic carbocycles. The third-order valence-corrected chi connectivity index (χ3v) is 4.92. The molecule has 1 unspecified atom stereocenters. The lowest BCUT2D eigenvalue weighted by Crippen LogP contribution is -2.44. The molecule has 0 N–H and O–H groups in total. The van der Waals surface area contributed by atoms with Gasteiger partial charge in [0.25, 0.3) is 0 Å². The summed E-state index contributed by atoms with van der Waals surface area (Å²) in [5.41, 5.74) is 0. The molecule has 0 aliphatic heterocycles. The van der Waals surface area contributed by atoms with Crippen molar-refractivity contribution in [2.24, 2.45) is 23.7 Å². The summed E-state index contributed by atoms with van der Waals surface area (Å²) in [5.74, 6) is -0.371. The molecule has 0 radical (unpaired) electrons. The van der Waals surface area contributed by atoms with E-state index in [4.69, 9.17) is 4.74 Å². The Labute approximate surface area is 104 Å². The number of fused-ring (bicyclic) bond motifs is 1. The van der Waals surface area contributed by atoms with Gasteiger partial charge in [0.2, 0.25) is 0 Å². The minimum atomic E-state index is -4.86. The van der Waals surface area contributed by atoms with Gasteiger partial charge >= 0.3 is 12.1 Å². The minimum Gasteiger partial charge on any atom is -0.455 e. The van der Waals surface area contributed by atoms with E-state index in [1.807, 2.05) is 0 Å². The second-order valence-corrected chi connectivity index (χ2v) is 6.14. The van der Waals surface area contributed by atoms with Crippen LogP contribution in [0.25, 0.3) is 0 Å². The van der Waals surface area contributed by atoms with Gasteiger partial charge in [-0.05, 0) is 55.8 Å². The van der Waals surface area contributed by atoms with Crippen LogP contribution in [0.4, 0.5) is 13.2 Å². The highest BCUT2D eigenvalue weighted by atomic mass is 19.4. The van der Waals surface area contributed by atoms with Crippen molar-refractivity contribution in [3.63, 3.8) is 0 Å². The third kappa shape index (κ3) is 2.12. The average molecular weight is 262 g/mol. The fourth-order valence-electron chi connectivity index (χ4n) is 4.37. The predicted octanol–water partition coefficient (Wildman–Crippen LogP) is 3.31. The maximum atomic E-state index is 12.3. The average Bonchev–Trinajstić information content (AvgIpc) is 2.48. The molecule has 0 amide bonds. The Kier molecular flexibility index (Phi) is 2.83. The van der Waals surface area contributed by atoms with E-state index in [-0.39, 0.29) is 11.8 Å². The molecule has 0 aromatic rings. The first-order chi connectivity index (χ1) is 8.43. The molecule has 0 spiro atoms. The summed E-state index contributed by atoms with van der Waals surface area (Å²) in [6.45, 7) is 0. The second-order valence-electron chi connectivity index (χ2n) is 6.14. The molecule has 5 atom stereocenters. The lowest BCUT2D eigenvalue weighted by Gasteiger charge is -2.43. The zero-order chi connectivity index (χ0) is 12.9. The van der Waals surface area contributed by atoms with Crippen molar-refractivity contribution in [2.45, 2.75) is 50.8 Å². The maximum absolute atomic E-state index is 12.3. The lowest BCUT2D eigenvalue weighted by molar-refractivity contribution is -0.213. The Balaban J connectivity index is 1.75. The van der Waals surface area contributed by atoms with Crippen LogP contribution in [-0.4, -0.2) is 18.2 Å². The summed E-state index contributed by atoms with van der Waals surface area (Å²) in [5, 5.41) is 0. The first-order valence-electron chi connectivity index (χ1n) is 6.71. The molecule has 4 aliphatic rings. The van der Waals surface area contributed by atoms with E-state index in [1.54, 1.807) is 0 Å². The van der Waals surface area contributed by atoms with Crippen LogP contribution < -0.4 is 0 Å². The maximum Gasteiger partial charge on any atom is 0.490 e. The van der Waals surface area contributed by atoms with Gasteiger partial charge in [0.15, 0.2) is 0 Å². The first kappa shape index (κ1) is 12.3. The SMILES string of the molecule is O=C(OC1[C@@H]2C[C@@H]3CC[C@H]1C[C@@H](C3)C2)C(F)(F)F. The number of ether oxygens (including phenoxy) is 1. The van der Waals surface area contributed by atoms with E-state index in [9.17, 15) is 18.0 Å². The highest BCUT2D eigenvalue weighted by molar-refractivity contribution is 5.75. The Hall–Kier alpha value is -0.740. The summed E-state index contributed by atoms with van der Waals surface area (Å²) < 4.78 is 41.7. The number of carbonyl (C=O) groups excluding carboxylic acids is 1. The molecule has 18 heavy (non-hydrogen) atoms. The van der Waals surface area contributed by atoms with Crippen LogP contribution in [0.3, 0.4) is 0 Å². The first-order valence-corrected chi connectivity index (χ1v) is 6.71. The largest absolute Gasteiger partial charge is 0.490 e. The molecule has 102 valence electrons. The van der Waals surface area contributed by atoms with Gasteiger partial charge in [0.05, 0.1) is 0 Å². The smallest absolute Gasteiger partial charge is 0.455 e. The summed E-state index contributed by atoms with van der Waals surface area (Å²) in [6, 6.07) is 0. The van der Waals surface area contributed by atoms with Crippen molar-refractivity contribution >= 4 is 5.97 Å². The summed E-state index contributed by atoms with van der Waals surface area (Å²) in [4.78, 5) is 11.0. The molecule has 4 saturated carbocycles.